The van der Waals surface area contributed by atoms with Gasteiger partial charge in [-0.3, -0.25) is 9.59 Å². The predicted octanol–water partition coefficient (Wildman–Crippen LogP) is 3.53. The van der Waals surface area contributed by atoms with Crippen LogP contribution in [-0.2, 0) is 9.84 Å². The van der Waals surface area contributed by atoms with Gasteiger partial charge in [0.1, 0.15) is 15.7 Å². The number of carbonyl (C=O) groups excluding carboxylic acids is 2. The number of hydrogen-bond donors (Lipinski definition) is 1. The summed E-state index contributed by atoms with van der Waals surface area (Å²) in [6, 6.07) is 1.90. The molecule has 5 rings (SSSR count). The molecule has 0 aliphatic carbocycles. The number of nitrogen functional groups attached to an aromatic ring is 1. The molecule has 5 heterocycles. The van der Waals surface area contributed by atoms with E-state index < -0.39 is 9.84 Å². The van der Waals surface area contributed by atoms with Crippen molar-refractivity contribution < 1.29 is 18.0 Å². The molecular formula is C23H23N5O4S2. The Morgan fingerprint density at radius 2 is 1.88 bits per heavy atom. The maximum absolute atomic E-state index is 12.5. The van der Waals surface area contributed by atoms with Crippen molar-refractivity contribution in [1.82, 2.24) is 19.2 Å². The maximum atomic E-state index is 12.5. The summed E-state index contributed by atoms with van der Waals surface area (Å²) in [6.45, 7) is 2.97. The number of carbonyl (C=O) groups is 2. The van der Waals surface area contributed by atoms with Gasteiger partial charge in [0.25, 0.3) is 0 Å². The largest absolute Gasteiger partial charge is 0.383 e. The van der Waals surface area contributed by atoms with Gasteiger partial charge in [-0.05, 0) is 32.8 Å². The first-order valence-corrected chi connectivity index (χ1v) is 13.6. The summed E-state index contributed by atoms with van der Waals surface area (Å²) in [6.07, 6.45) is 6.22. The lowest BCUT2D eigenvalue weighted by molar-refractivity contribution is 0.100. The maximum Gasteiger partial charge on any atom is 0.165 e. The number of nitrogens with two attached hydrogens (primary N) is 1. The molecule has 176 valence electrons. The van der Waals surface area contributed by atoms with Crippen LogP contribution in [0.5, 0.6) is 0 Å². The number of aromatic nitrogens is 4. The summed E-state index contributed by atoms with van der Waals surface area (Å²) < 4.78 is 27.2. The second-order valence-corrected chi connectivity index (χ2v) is 11.6. The third-order valence-corrected chi connectivity index (χ3v) is 8.75. The van der Waals surface area contributed by atoms with Crippen LogP contribution in [0.2, 0.25) is 0 Å². The monoisotopic (exact) mass is 497 g/mol. The van der Waals surface area contributed by atoms with Crippen LogP contribution in [0.1, 0.15) is 59.0 Å². The fourth-order valence-corrected chi connectivity index (χ4v) is 6.88. The highest BCUT2D eigenvalue weighted by molar-refractivity contribution is 7.91. The molecule has 0 aromatic carbocycles. The first-order valence-electron chi connectivity index (χ1n) is 10.8. The number of ketones is 2. The van der Waals surface area contributed by atoms with Crippen LogP contribution in [0, 0.1) is 0 Å². The van der Waals surface area contributed by atoms with E-state index in [0.29, 0.717) is 35.3 Å². The van der Waals surface area contributed by atoms with Crippen molar-refractivity contribution in [3.8, 4) is 16.8 Å². The molecule has 11 heteroatoms. The zero-order chi connectivity index (χ0) is 24.2. The second kappa shape index (κ2) is 8.17. The van der Waals surface area contributed by atoms with Crippen molar-refractivity contribution in [3.63, 3.8) is 0 Å². The first kappa shape index (κ1) is 22.5. The van der Waals surface area contributed by atoms with Crippen molar-refractivity contribution >= 4 is 44.2 Å². The number of fused-ring (bicyclic) bond motifs is 1. The summed E-state index contributed by atoms with van der Waals surface area (Å²) in [4.78, 5) is 29.3. The van der Waals surface area contributed by atoms with Gasteiger partial charge in [0.15, 0.2) is 17.2 Å². The molecule has 0 radical (unpaired) electrons. The molecule has 0 amide bonds. The summed E-state index contributed by atoms with van der Waals surface area (Å²) in [5, 5.41) is 8.13. The molecule has 1 fully saturated rings. The molecule has 1 aliphatic heterocycles. The average molecular weight is 498 g/mol. The molecule has 0 atom stereocenters. The van der Waals surface area contributed by atoms with E-state index in [4.69, 9.17) is 10.7 Å². The number of sulfone groups is 1. The Morgan fingerprint density at radius 3 is 2.56 bits per heavy atom. The van der Waals surface area contributed by atoms with E-state index >= 15 is 0 Å². The minimum absolute atomic E-state index is 0.00664. The minimum atomic E-state index is -3.07. The summed E-state index contributed by atoms with van der Waals surface area (Å²) in [5.74, 6) is -0.0824. The van der Waals surface area contributed by atoms with E-state index in [1.807, 2.05) is 33.8 Å². The van der Waals surface area contributed by atoms with Crippen LogP contribution in [0.3, 0.4) is 0 Å². The first-order chi connectivity index (χ1) is 16.2. The summed E-state index contributed by atoms with van der Waals surface area (Å²) >= 11 is 1.46. The van der Waals surface area contributed by atoms with E-state index in [1.165, 1.54) is 22.8 Å². The molecule has 4 aromatic heterocycles. The van der Waals surface area contributed by atoms with Gasteiger partial charge in [0.05, 0.1) is 40.2 Å². The van der Waals surface area contributed by atoms with Gasteiger partial charge in [-0.2, -0.15) is 9.61 Å². The molecule has 1 aliphatic rings. The quantitative estimate of drug-likeness (QED) is 0.418. The summed E-state index contributed by atoms with van der Waals surface area (Å²) in [7, 11) is -3.07. The van der Waals surface area contributed by atoms with Crippen molar-refractivity contribution in [2.75, 3.05) is 17.2 Å². The highest BCUT2D eigenvalue weighted by Gasteiger charge is 2.31. The lowest BCUT2D eigenvalue weighted by Gasteiger charge is -2.24. The number of Topliss-reactive ketones (excluding diaryl/α,β-unsaturated/α-hetero) is 2. The molecular weight excluding hydrogens is 474 g/mol. The third kappa shape index (κ3) is 3.74. The lowest BCUT2D eigenvalue weighted by atomic mass is 9.93. The Kier molecular flexibility index (Phi) is 5.40. The highest BCUT2D eigenvalue weighted by Crippen LogP contribution is 2.35. The highest BCUT2D eigenvalue weighted by atomic mass is 32.2. The fraction of sp³-hybridized carbons (Fsp3) is 0.304. The summed E-state index contributed by atoms with van der Waals surface area (Å²) in [5.41, 5.74) is 10.7. The van der Waals surface area contributed by atoms with Crippen LogP contribution < -0.4 is 5.73 Å². The van der Waals surface area contributed by atoms with Gasteiger partial charge in [-0.1, -0.05) is 0 Å². The second-order valence-electron chi connectivity index (χ2n) is 8.57. The van der Waals surface area contributed by atoms with Gasteiger partial charge in [-0.25, -0.2) is 13.4 Å². The van der Waals surface area contributed by atoms with Crippen molar-refractivity contribution in [1.29, 1.82) is 0 Å². The molecule has 0 saturated carbocycles. The number of hydrogen-bond acceptors (Lipinski definition) is 8. The van der Waals surface area contributed by atoms with Crippen LogP contribution in [-0.4, -0.2) is 50.7 Å². The van der Waals surface area contributed by atoms with E-state index in [-0.39, 0.29) is 34.8 Å². The fourth-order valence-electron chi connectivity index (χ4n) is 4.52. The Balaban J connectivity index is 1.62. The number of anilines is 1. The molecule has 0 spiro atoms. The van der Waals surface area contributed by atoms with Gasteiger partial charge >= 0.3 is 0 Å². The molecule has 0 unspecified atom stereocenters. The van der Waals surface area contributed by atoms with Gasteiger partial charge < -0.3 is 10.3 Å². The Labute approximate surface area is 200 Å². The van der Waals surface area contributed by atoms with Gasteiger partial charge in [-0.15, -0.1) is 11.3 Å². The Bertz CT molecular complexity index is 1550. The van der Waals surface area contributed by atoms with Crippen molar-refractivity contribution in [3.05, 3.63) is 52.2 Å². The normalized spacial score (nSPS) is 16.2. The number of rotatable bonds is 5. The van der Waals surface area contributed by atoms with Gasteiger partial charge in [0.2, 0.25) is 0 Å². The lowest BCUT2D eigenvalue weighted by Crippen LogP contribution is -2.25. The van der Waals surface area contributed by atoms with Crippen LogP contribution >= 0.6 is 11.3 Å². The molecule has 2 N–H and O–H groups in total. The Morgan fingerprint density at radius 1 is 1.15 bits per heavy atom. The zero-order valence-corrected chi connectivity index (χ0v) is 20.3. The van der Waals surface area contributed by atoms with E-state index in [2.05, 4.69) is 5.10 Å². The van der Waals surface area contributed by atoms with Crippen LogP contribution in [0.4, 0.5) is 5.82 Å². The molecule has 34 heavy (non-hydrogen) atoms. The minimum Gasteiger partial charge on any atom is -0.383 e. The Hall–Kier alpha value is -3.31. The average Bonchev–Trinajstić information content (AvgIpc) is 3.51. The predicted molar refractivity (Wildman–Crippen MR) is 131 cm³/mol. The number of nitrogens with zero attached hydrogens (tertiary/aromatic N) is 4. The SMILES string of the molecule is CC(=O)c1cscc1-n1ccc(-c2cnn3c(N)c(C(C)=O)c(C4CCS(=O)(=O)CC4)nc23)c1. The van der Waals surface area contributed by atoms with E-state index in [9.17, 15) is 18.0 Å². The molecule has 0 bridgehead atoms. The van der Waals surface area contributed by atoms with Gasteiger partial charge in [0, 0.05) is 40.2 Å². The van der Waals surface area contributed by atoms with Crippen LogP contribution in [0.15, 0.2) is 35.4 Å². The molecule has 4 aromatic rings. The topological polar surface area (TPSA) is 129 Å². The van der Waals surface area contributed by atoms with E-state index in [1.54, 1.807) is 13.1 Å². The zero-order valence-electron chi connectivity index (χ0n) is 18.7. The third-order valence-electron chi connectivity index (χ3n) is 6.31. The van der Waals surface area contributed by atoms with Crippen molar-refractivity contribution in [2.24, 2.45) is 0 Å². The van der Waals surface area contributed by atoms with Crippen molar-refractivity contribution in [2.45, 2.75) is 32.6 Å². The number of thiophene rings is 1. The smallest absolute Gasteiger partial charge is 0.165 e. The molecule has 9 nitrogen and oxygen atoms in total. The molecule has 1 saturated heterocycles. The van der Waals surface area contributed by atoms with Crippen LogP contribution in [0.25, 0.3) is 22.5 Å². The standard InChI is InChI=1S/C23H23N5O4S2/c1-13(29)18-11-33-12-19(18)27-6-3-16(10-27)17-9-25-28-22(24)20(14(2)30)21(26-23(17)28)15-4-7-34(31,32)8-5-15/h3,6,9-12,15H,4-5,7-8,24H2,1-2H3. The van der Waals surface area contributed by atoms with E-state index in [0.717, 1.165) is 16.8 Å².